The maximum absolute atomic E-state index is 7.00. The molecule has 4 nitrogen and oxygen atoms in total. The summed E-state index contributed by atoms with van der Waals surface area (Å²) in [5, 5.41) is 6.63. The van der Waals surface area contributed by atoms with Crippen molar-refractivity contribution in [3.05, 3.63) is 48.5 Å². The summed E-state index contributed by atoms with van der Waals surface area (Å²) >= 11 is 0. The number of anilines is 2. The fourth-order valence-electron chi connectivity index (χ4n) is 1.54. The van der Waals surface area contributed by atoms with Gasteiger partial charge in [-0.15, -0.1) is 0 Å². The first-order valence-electron chi connectivity index (χ1n) is 5.21. The van der Waals surface area contributed by atoms with E-state index in [-0.39, 0.29) is 0 Å². The highest BCUT2D eigenvalue weighted by molar-refractivity contribution is 5.66. The molecule has 0 atom stereocenters. The minimum absolute atomic E-state index is 0.520. The van der Waals surface area contributed by atoms with E-state index in [1.807, 2.05) is 42.5 Å². The maximum Gasteiger partial charge on any atom is 0.148 e. The van der Waals surface area contributed by atoms with Crippen molar-refractivity contribution in [2.45, 2.75) is 0 Å². The molecule has 0 amide bonds. The fourth-order valence-corrected chi connectivity index (χ4v) is 1.54. The Kier molecular flexibility index (Phi) is 3.35. The van der Waals surface area contributed by atoms with Gasteiger partial charge in [-0.1, -0.05) is 18.2 Å². The number of rotatable bonds is 4. The van der Waals surface area contributed by atoms with E-state index in [4.69, 9.17) is 10.3 Å². The van der Waals surface area contributed by atoms with Crippen LogP contribution < -0.4 is 10.1 Å². The lowest BCUT2D eigenvalue weighted by Crippen LogP contribution is -1.91. The minimum atomic E-state index is 0.520. The lowest BCUT2D eigenvalue weighted by molar-refractivity contribution is 0.416. The molecule has 0 radical (unpaired) electrons. The van der Waals surface area contributed by atoms with Crippen molar-refractivity contribution in [2.24, 2.45) is 5.11 Å². The zero-order valence-electron chi connectivity index (χ0n) is 9.47. The molecule has 2 aromatic rings. The first-order valence-corrected chi connectivity index (χ1v) is 5.21. The topological polar surface area (TPSA) is 57.5 Å². The Balaban J connectivity index is 2.25. The summed E-state index contributed by atoms with van der Waals surface area (Å²) < 4.78 is 5.16. The first-order chi connectivity index (χ1) is 8.33. The smallest absolute Gasteiger partial charge is 0.148 e. The van der Waals surface area contributed by atoms with Crippen LogP contribution in [0, 0.1) is 5.53 Å². The van der Waals surface area contributed by atoms with Gasteiger partial charge in [0.05, 0.1) is 7.11 Å². The van der Waals surface area contributed by atoms with Gasteiger partial charge in [0.25, 0.3) is 0 Å². The molecule has 0 fully saturated rings. The third-order valence-electron chi connectivity index (χ3n) is 2.36. The summed E-state index contributed by atoms with van der Waals surface area (Å²) in [7, 11) is 1.57. The zero-order valence-corrected chi connectivity index (χ0v) is 9.47. The van der Waals surface area contributed by atoms with Gasteiger partial charge in [-0.05, 0) is 24.3 Å². The Hall–Kier alpha value is -2.36. The Labute approximate surface area is 99.8 Å². The number of nitrogens with zero attached hydrogens (tertiary/aromatic N) is 1. The monoisotopic (exact) mass is 227 g/mol. The fraction of sp³-hybridized carbons (Fsp3) is 0.0769. The summed E-state index contributed by atoms with van der Waals surface area (Å²) in [4.78, 5) is 0. The van der Waals surface area contributed by atoms with Gasteiger partial charge in [-0.2, -0.15) is 5.11 Å². The van der Waals surface area contributed by atoms with Crippen LogP contribution in [-0.4, -0.2) is 7.11 Å². The molecule has 0 heterocycles. The van der Waals surface area contributed by atoms with Gasteiger partial charge in [0.2, 0.25) is 0 Å². The molecular formula is C13H13N3O. The van der Waals surface area contributed by atoms with Gasteiger partial charge in [0.1, 0.15) is 11.4 Å². The molecule has 2 rings (SSSR count). The molecule has 86 valence electrons. The number of hydrogen-bond donors (Lipinski definition) is 2. The van der Waals surface area contributed by atoms with Crippen LogP contribution in [0.4, 0.5) is 17.1 Å². The highest BCUT2D eigenvalue weighted by atomic mass is 16.5. The quantitative estimate of drug-likeness (QED) is 0.772. The number of hydrogen-bond acceptors (Lipinski definition) is 4. The number of nitrogens with one attached hydrogen (secondary N) is 2. The summed E-state index contributed by atoms with van der Waals surface area (Å²) in [6, 6.07) is 15.3. The maximum atomic E-state index is 7.00. The van der Waals surface area contributed by atoms with E-state index in [0.717, 1.165) is 11.4 Å². The molecule has 2 aromatic carbocycles. The van der Waals surface area contributed by atoms with Crippen LogP contribution in [0.25, 0.3) is 0 Å². The molecule has 0 saturated carbocycles. The molecule has 2 N–H and O–H groups in total. The molecule has 0 unspecified atom stereocenters. The third-order valence-corrected chi connectivity index (χ3v) is 2.36. The van der Waals surface area contributed by atoms with Crippen LogP contribution >= 0.6 is 0 Å². The largest absolute Gasteiger partial charge is 0.494 e. The van der Waals surface area contributed by atoms with Crippen molar-refractivity contribution in [3.63, 3.8) is 0 Å². The van der Waals surface area contributed by atoms with E-state index in [2.05, 4.69) is 10.4 Å². The summed E-state index contributed by atoms with van der Waals surface area (Å²) in [6.07, 6.45) is 0. The lowest BCUT2D eigenvalue weighted by atomic mass is 10.2. The molecule has 4 heteroatoms. The number of benzene rings is 2. The molecule has 0 aliphatic carbocycles. The second-order valence-corrected chi connectivity index (χ2v) is 3.49. The van der Waals surface area contributed by atoms with Crippen LogP contribution in [0.15, 0.2) is 53.6 Å². The van der Waals surface area contributed by atoms with E-state index in [1.54, 1.807) is 13.2 Å². The molecule has 0 aromatic heterocycles. The summed E-state index contributed by atoms with van der Waals surface area (Å²) in [6.45, 7) is 0. The predicted octanol–water partition coefficient (Wildman–Crippen LogP) is 4.10. The van der Waals surface area contributed by atoms with E-state index < -0.39 is 0 Å². The first kappa shape index (κ1) is 11.1. The molecule has 0 aliphatic rings. The van der Waals surface area contributed by atoms with E-state index in [9.17, 15) is 0 Å². The average molecular weight is 227 g/mol. The number of methoxy groups -OCH3 is 1. The zero-order chi connectivity index (χ0) is 12.1. The van der Waals surface area contributed by atoms with Crippen LogP contribution in [0.2, 0.25) is 0 Å². The van der Waals surface area contributed by atoms with E-state index in [0.29, 0.717) is 11.4 Å². The molecule has 0 saturated heterocycles. The molecule has 0 bridgehead atoms. The van der Waals surface area contributed by atoms with Crippen molar-refractivity contribution < 1.29 is 4.74 Å². The number of ether oxygens (including phenoxy) is 1. The SMILES string of the molecule is COc1cc(Nc2ccccc2)ccc1N=N. The lowest BCUT2D eigenvalue weighted by Gasteiger charge is -2.09. The molecule has 17 heavy (non-hydrogen) atoms. The number of para-hydroxylation sites is 1. The second kappa shape index (κ2) is 5.12. The average Bonchev–Trinajstić information content (AvgIpc) is 2.40. The van der Waals surface area contributed by atoms with Gasteiger partial charge in [-0.3, -0.25) is 0 Å². The van der Waals surface area contributed by atoms with Crippen LogP contribution in [0.1, 0.15) is 0 Å². The van der Waals surface area contributed by atoms with Crippen LogP contribution in [0.5, 0.6) is 5.75 Å². The molecule has 0 aliphatic heterocycles. The van der Waals surface area contributed by atoms with Gasteiger partial charge in [0, 0.05) is 17.4 Å². The minimum Gasteiger partial charge on any atom is -0.494 e. The van der Waals surface area contributed by atoms with E-state index in [1.165, 1.54) is 0 Å². The summed E-state index contributed by atoms with van der Waals surface area (Å²) in [5.74, 6) is 0.584. The summed E-state index contributed by atoms with van der Waals surface area (Å²) in [5.41, 5.74) is 9.43. The Morgan fingerprint density at radius 2 is 1.82 bits per heavy atom. The van der Waals surface area contributed by atoms with Gasteiger partial charge in [0.15, 0.2) is 0 Å². The molecular weight excluding hydrogens is 214 g/mol. The predicted molar refractivity (Wildman–Crippen MR) is 67.5 cm³/mol. The normalized spacial score (nSPS) is 9.71. The highest BCUT2D eigenvalue weighted by Crippen LogP contribution is 2.31. The second-order valence-electron chi connectivity index (χ2n) is 3.49. The van der Waals surface area contributed by atoms with Crippen molar-refractivity contribution in [1.29, 1.82) is 5.53 Å². The van der Waals surface area contributed by atoms with Crippen molar-refractivity contribution in [2.75, 3.05) is 12.4 Å². The Morgan fingerprint density at radius 1 is 1.06 bits per heavy atom. The van der Waals surface area contributed by atoms with Crippen molar-refractivity contribution in [1.82, 2.24) is 0 Å². The van der Waals surface area contributed by atoms with Gasteiger partial charge >= 0.3 is 0 Å². The van der Waals surface area contributed by atoms with Gasteiger partial charge < -0.3 is 10.1 Å². The van der Waals surface area contributed by atoms with Gasteiger partial charge in [-0.25, -0.2) is 5.53 Å². The standard InChI is InChI=1S/C13H13N3O/c1-17-13-9-11(7-8-12(13)16-14)15-10-5-3-2-4-6-10/h2-9,14-15H,1H3. The Bertz CT molecular complexity index is 511. The van der Waals surface area contributed by atoms with Crippen molar-refractivity contribution in [3.8, 4) is 5.75 Å². The van der Waals surface area contributed by atoms with E-state index >= 15 is 0 Å². The Morgan fingerprint density at radius 3 is 2.47 bits per heavy atom. The highest BCUT2D eigenvalue weighted by Gasteiger charge is 2.03. The molecule has 0 spiro atoms. The van der Waals surface area contributed by atoms with Crippen LogP contribution in [-0.2, 0) is 0 Å². The van der Waals surface area contributed by atoms with Crippen molar-refractivity contribution >= 4 is 17.1 Å². The third kappa shape index (κ3) is 2.60. The van der Waals surface area contributed by atoms with Crippen LogP contribution in [0.3, 0.4) is 0 Å².